The molecule has 1 aliphatic rings. The van der Waals surface area contributed by atoms with E-state index in [1.807, 2.05) is 30.9 Å². The largest absolute Gasteiger partial charge is 0.495 e. The number of sulfonamides is 1. The second-order valence-electron chi connectivity index (χ2n) is 6.06. The van der Waals surface area contributed by atoms with Gasteiger partial charge in [0.15, 0.2) is 5.82 Å². The summed E-state index contributed by atoms with van der Waals surface area (Å²) in [6, 6.07) is 7.17. The van der Waals surface area contributed by atoms with Crippen molar-refractivity contribution in [2.75, 3.05) is 38.2 Å². The Labute approximate surface area is 148 Å². The molecule has 0 bridgehead atoms. The van der Waals surface area contributed by atoms with Crippen LogP contribution in [0, 0.1) is 13.8 Å². The van der Waals surface area contributed by atoms with Gasteiger partial charge in [0.05, 0.1) is 7.11 Å². The fourth-order valence-electron chi connectivity index (χ4n) is 2.88. The Morgan fingerprint density at radius 3 is 2.36 bits per heavy atom. The summed E-state index contributed by atoms with van der Waals surface area (Å²) in [6.45, 7) is 5.79. The van der Waals surface area contributed by atoms with E-state index in [9.17, 15) is 8.42 Å². The van der Waals surface area contributed by atoms with Crippen molar-refractivity contribution in [3.05, 3.63) is 41.6 Å². The molecule has 2 aromatic rings. The van der Waals surface area contributed by atoms with Crippen molar-refractivity contribution in [3.63, 3.8) is 0 Å². The molecule has 0 amide bonds. The third kappa shape index (κ3) is 3.45. The molecule has 2 heterocycles. The van der Waals surface area contributed by atoms with E-state index in [1.165, 1.54) is 11.4 Å². The van der Waals surface area contributed by atoms with Crippen LogP contribution < -0.4 is 9.64 Å². The van der Waals surface area contributed by atoms with E-state index in [2.05, 4.69) is 10.2 Å². The van der Waals surface area contributed by atoms with Crippen molar-refractivity contribution in [1.29, 1.82) is 0 Å². The van der Waals surface area contributed by atoms with E-state index in [4.69, 9.17) is 4.74 Å². The van der Waals surface area contributed by atoms with E-state index in [-0.39, 0.29) is 4.90 Å². The Bertz CT molecular complexity index is 848. The minimum Gasteiger partial charge on any atom is -0.495 e. The molecule has 0 aliphatic carbocycles. The summed E-state index contributed by atoms with van der Waals surface area (Å²) in [5.41, 5.74) is 1.93. The van der Waals surface area contributed by atoms with E-state index < -0.39 is 10.0 Å². The first-order valence-corrected chi connectivity index (χ1v) is 9.55. The van der Waals surface area contributed by atoms with Gasteiger partial charge in [-0.05, 0) is 49.2 Å². The van der Waals surface area contributed by atoms with Crippen LogP contribution >= 0.6 is 0 Å². The molecule has 134 valence electrons. The van der Waals surface area contributed by atoms with Crippen molar-refractivity contribution in [2.24, 2.45) is 0 Å². The number of hydrogen-bond acceptors (Lipinski definition) is 6. The lowest BCUT2D eigenvalue weighted by Gasteiger charge is -2.34. The van der Waals surface area contributed by atoms with Gasteiger partial charge in [0.25, 0.3) is 0 Å². The Hall–Kier alpha value is -2.19. The number of rotatable bonds is 4. The second kappa shape index (κ2) is 6.97. The lowest BCUT2D eigenvalue weighted by molar-refractivity contribution is 0.373. The zero-order valence-electron chi connectivity index (χ0n) is 14.6. The Balaban J connectivity index is 1.82. The molecule has 0 unspecified atom stereocenters. The summed E-state index contributed by atoms with van der Waals surface area (Å²) in [6.07, 6.45) is 1.62. The number of aryl methyl sites for hydroxylation is 2. The molecule has 0 saturated carbocycles. The summed E-state index contributed by atoms with van der Waals surface area (Å²) < 4.78 is 33.0. The maximum Gasteiger partial charge on any atom is 0.246 e. The predicted octanol–water partition coefficient (Wildman–Crippen LogP) is 1.61. The Morgan fingerprint density at radius 2 is 1.76 bits per heavy atom. The van der Waals surface area contributed by atoms with Gasteiger partial charge >= 0.3 is 0 Å². The number of nitrogens with zero attached hydrogens (tertiary/aromatic N) is 4. The Kier molecular flexibility index (Phi) is 4.91. The smallest absolute Gasteiger partial charge is 0.246 e. The molecular weight excluding hydrogens is 340 g/mol. The molecule has 1 aromatic carbocycles. The summed E-state index contributed by atoms with van der Waals surface area (Å²) in [5, 5.41) is 7.96. The molecule has 0 radical (unpaired) electrons. The first-order valence-electron chi connectivity index (χ1n) is 8.11. The van der Waals surface area contributed by atoms with Crippen LogP contribution in [-0.2, 0) is 10.0 Å². The molecule has 7 nitrogen and oxygen atoms in total. The van der Waals surface area contributed by atoms with Gasteiger partial charge in [0.2, 0.25) is 10.0 Å². The second-order valence-corrected chi connectivity index (χ2v) is 7.97. The summed E-state index contributed by atoms with van der Waals surface area (Å²) in [4.78, 5) is 2.27. The number of aromatic nitrogens is 2. The minimum atomic E-state index is -3.60. The molecule has 0 N–H and O–H groups in total. The maximum atomic E-state index is 13.1. The van der Waals surface area contributed by atoms with Gasteiger partial charge in [-0.1, -0.05) is 0 Å². The summed E-state index contributed by atoms with van der Waals surface area (Å²) in [5.74, 6) is 1.16. The minimum absolute atomic E-state index is 0.228. The fourth-order valence-corrected chi connectivity index (χ4v) is 4.53. The molecule has 0 atom stereocenters. The standard InChI is InChI=1S/C17H22N4O3S/c1-13-11-15(24-3)16(12-14(13)2)25(22,23)21-9-7-20(8-10-21)17-5-4-6-18-19-17/h4-6,11-12H,7-10H2,1-3H3. The van der Waals surface area contributed by atoms with Crippen LogP contribution in [-0.4, -0.2) is 56.2 Å². The number of ether oxygens (including phenoxy) is 1. The van der Waals surface area contributed by atoms with E-state index in [1.54, 1.807) is 18.3 Å². The van der Waals surface area contributed by atoms with E-state index in [0.717, 1.165) is 16.9 Å². The van der Waals surface area contributed by atoms with Crippen molar-refractivity contribution >= 4 is 15.8 Å². The molecule has 8 heteroatoms. The fraction of sp³-hybridized carbons (Fsp3) is 0.412. The predicted molar refractivity (Wildman–Crippen MR) is 95.5 cm³/mol. The van der Waals surface area contributed by atoms with Gasteiger partial charge in [0.1, 0.15) is 10.6 Å². The zero-order valence-corrected chi connectivity index (χ0v) is 15.5. The zero-order chi connectivity index (χ0) is 18.0. The summed E-state index contributed by atoms with van der Waals surface area (Å²) in [7, 11) is -2.11. The SMILES string of the molecule is COc1cc(C)c(C)cc1S(=O)(=O)N1CCN(c2cccnn2)CC1. The highest BCUT2D eigenvalue weighted by Crippen LogP contribution is 2.30. The molecule has 1 saturated heterocycles. The van der Waals surface area contributed by atoms with Gasteiger partial charge < -0.3 is 9.64 Å². The van der Waals surface area contributed by atoms with Gasteiger partial charge in [-0.15, -0.1) is 5.10 Å². The van der Waals surface area contributed by atoms with Crippen LogP contribution in [0.2, 0.25) is 0 Å². The molecule has 1 aromatic heterocycles. The molecule has 25 heavy (non-hydrogen) atoms. The average molecular weight is 362 g/mol. The molecular formula is C17H22N4O3S. The number of hydrogen-bond donors (Lipinski definition) is 0. The van der Waals surface area contributed by atoms with Crippen LogP contribution in [0.3, 0.4) is 0 Å². The highest BCUT2D eigenvalue weighted by molar-refractivity contribution is 7.89. The third-order valence-corrected chi connectivity index (χ3v) is 6.44. The highest BCUT2D eigenvalue weighted by Gasteiger charge is 2.31. The molecule has 3 rings (SSSR count). The molecule has 1 fully saturated rings. The number of piperazine rings is 1. The van der Waals surface area contributed by atoms with Crippen LogP contribution in [0.15, 0.2) is 35.4 Å². The van der Waals surface area contributed by atoms with Crippen LogP contribution in [0.5, 0.6) is 5.75 Å². The quantitative estimate of drug-likeness (QED) is 0.823. The lowest BCUT2D eigenvalue weighted by atomic mass is 10.1. The number of methoxy groups -OCH3 is 1. The van der Waals surface area contributed by atoms with Gasteiger partial charge in [0, 0.05) is 32.4 Å². The number of benzene rings is 1. The van der Waals surface area contributed by atoms with E-state index in [0.29, 0.717) is 31.9 Å². The van der Waals surface area contributed by atoms with Crippen molar-refractivity contribution in [2.45, 2.75) is 18.7 Å². The van der Waals surface area contributed by atoms with Gasteiger partial charge in [-0.2, -0.15) is 9.40 Å². The van der Waals surface area contributed by atoms with Crippen LogP contribution in [0.1, 0.15) is 11.1 Å². The number of anilines is 1. The first kappa shape index (κ1) is 17.6. The monoisotopic (exact) mass is 362 g/mol. The average Bonchev–Trinajstić information content (AvgIpc) is 2.64. The normalized spacial score (nSPS) is 16.0. The van der Waals surface area contributed by atoms with Crippen LogP contribution in [0.4, 0.5) is 5.82 Å². The van der Waals surface area contributed by atoms with E-state index >= 15 is 0 Å². The molecule has 1 aliphatic heterocycles. The lowest BCUT2D eigenvalue weighted by Crippen LogP contribution is -2.49. The summed E-state index contributed by atoms with van der Waals surface area (Å²) >= 11 is 0. The Morgan fingerprint density at radius 1 is 1.08 bits per heavy atom. The first-order chi connectivity index (χ1) is 11.9. The van der Waals surface area contributed by atoms with Crippen molar-refractivity contribution in [3.8, 4) is 5.75 Å². The molecule has 0 spiro atoms. The van der Waals surface area contributed by atoms with Gasteiger partial charge in [-0.3, -0.25) is 0 Å². The third-order valence-electron chi connectivity index (χ3n) is 4.52. The topological polar surface area (TPSA) is 75.6 Å². The van der Waals surface area contributed by atoms with Crippen molar-refractivity contribution in [1.82, 2.24) is 14.5 Å². The van der Waals surface area contributed by atoms with Crippen LogP contribution in [0.25, 0.3) is 0 Å². The maximum absolute atomic E-state index is 13.1. The van der Waals surface area contributed by atoms with Crippen molar-refractivity contribution < 1.29 is 13.2 Å². The van der Waals surface area contributed by atoms with Gasteiger partial charge in [-0.25, -0.2) is 8.42 Å². The highest BCUT2D eigenvalue weighted by atomic mass is 32.2.